The first-order valence-corrected chi connectivity index (χ1v) is 4.54. The summed E-state index contributed by atoms with van der Waals surface area (Å²) in [5.74, 6) is 0.305. The van der Waals surface area contributed by atoms with E-state index < -0.39 is 0 Å². The predicted octanol–water partition coefficient (Wildman–Crippen LogP) is 1.91. The highest BCUT2D eigenvalue weighted by Gasteiger charge is 2.11. The van der Waals surface area contributed by atoms with Crippen LogP contribution < -0.4 is 4.74 Å². The molecule has 0 atom stereocenters. The van der Waals surface area contributed by atoms with E-state index in [1.54, 1.807) is 18.2 Å². The van der Waals surface area contributed by atoms with Crippen molar-refractivity contribution < 1.29 is 14.6 Å². The van der Waals surface area contributed by atoms with Crippen molar-refractivity contribution in [1.29, 1.82) is 0 Å². The molecule has 1 rings (SSSR count). The van der Waals surface area contributed by atoms with Gasteiger partial charge >= 0.3 is 0 Å². The molecule has 3 nitrogen and oxygen atoms in total. The average Bonchev–Trinajstić information content (AvgIpc) is 2.18. The van der Waals surface area contributed by atoms with Crippen molar-refractivity contribution in [2.45, 2.75) is 6.42 Å². The molecule has 1 aromatic rings. The van der Waals surface area contributed by atoms with Crippen LogP contribution in [0.25, 0.3) is 0 Å². The van der Waals surface area contributed by atoms with Crippen LogP contribution in [0.4, 0.5) is 0 Å². The molecular weight excluding hydrogens is 204 g/mol. The maximum absolute atomic E-state index is 11.5. The monoisotopic (exact) mass is 214 g/mol. The highest BCUT2D eigenvalue weighted by molar-refractivity contribution is 6.31. The number of Topliss-reactive ketones (excluding diaryl/α,β-unsaturated/α-hetero) is 1. The molecule has 0 aliphatic carbocycles. The van der Waals surface area contributed by atoms with E-state index in [0.29, 0.717) is 16.3 Å². The fourth-order valence-corrected chi connectivity index (χ4v) is 1.31. The molecule has 0 fully saturated rings. The Morgan fingerprint density at radius 3 is 2.86 bits per heavy atom. The first kappa shape index (κ1) is 11.0. The lowest BCUT2D eigenvalue weighted by Crippen LogP contribution is -2.04. The topological polar surface area (TPSA) is 46.5 Å². The maximum atomic E-state index is 11.5. The van der Waals surface area contributed by atoms with Crippen molar-refractivity contribution in [3.05, 3.63) is 28.8 Å². The van der Waals surface area contributed by atoms with Crippen LogP contribution in [-0.2, 0) is 0 Å². The maximum Gasteiger partial charge on any atom is 0.168 e. The van der Waals surface area contributed by atoms with Crippen LogP contribution in [0, 0.1) is 0 Å². The molecule has 0 aromatic heterocycles. The second-order valence-electron chi connectivity index (χ2n) is 2.74. The molecule has 0 radical (unpaired) electrons. The van der Waals surface area contributed by atoms with Crippen LogP contribution >= 0.6 is 11.6 Å². The Morgan fingerprint density at radius 2 is 2.29 bits per heavy atom. The summed E-state index contributed by atoms with van der Waals surface area (Å²) in [6, 6.07) is 4.82. The van der Waals surface area contributed by atoms with Gasteiger partial charge in [0.15, 0.2) is 5.78 Å². The number of hydrogen-bond donors (Lipinski definition) is 1. The summed E-state index contributed by atoms with van der Waals surface area (Å²) in [7, 11) is 1.49. The molecule has 0 saturated heterocycles. The zero-order valence-electron chi connectivity index (χ0n) is 7.79. The fourth-order valence-electron chi connectivity index (χ4n) is 1.13. The molecule has 4 heteroatoms. The normalized spacial score (nSPS) is 9.93. The third-order valence-corrected chi connectivity index (χ3v) is 2.04. The zero-order chi connectivity index (χ0) is 10.6. The number of benzene rings is 1. The minimum absolute atomic E-state index is 0.0801. The van der Waals surface area contributed by atoms with E-state index >= 15 is 0 Å². The second-order valence-corrected chi connectivity index (χ2v) is 3.18. The van der Waals surface area contributed by atoms with E-state index in [1.807, 2.05) is 0 Å². The molecule has 1 aromatic carbocycles. The third-order valence-electron chi connectivity index (χ3n) is 1.80. The van der Waals surface area contributed by atoms with Crippen molar-refractivity contribution in [1.82, 2.24) is 0 Å². The quantitative estimate of drug-likeness (QED) is 0.779. The van der Waals surface area contributed by atoms with Crippen LogP contribution in [0.1, 0.15) is 16.8 Å². The van der Waals surface area contributed by atoms with Gasteiger partial charge in [0.05, 0.1) is 19.3 Å². The highest BCUT2D eigenvalue weighted by Crippen LogP contribution is 2.23. The number of carbonyl (C=O) groups excluding carboxylic acids is 1. The molecule has 0 spiro atoms. The van der Waals surface area contributed by atoms with E-state index in [-0.39, 0.29) is 18.8 Å². The van der Waals surface area contributed by atoms with Crippen molar-refractivity contribution >= 4 is 17.4 Å². The lowest BCUT2D eigenvalue weighted by molar-refractivity contribution is 0.0953. The molecule has 0 bridgehead atoms. The summed E-state index contributed by atoms with van der Waals surface area (Å²) in [6.45, 7) is -0.172. The molecule has 0 aliphatic rings. The molecule has 0 heterocycles. The van der Waals surface area contributed by atoms with E-state index in [1.165, 1.54) is 7.11 Å². The van der Waals surface area contributed by atoms with Gasteiger partial charge in [-0.25, -0.2) is 0 Å². The van der Waals surface area contributed by atoms with Gasteiger partial charge in [0.1, 0.15) is 5.75 Å². The summed E-state index contributed by atoms with van der Waals surface area (Å²) in [5.41, 5.74) is 0.411. The number of aliphatic hydroxyl groups is 1. The molecule has 0 saturated carbocycles. The van der Waals surface area contributed by atoms with E-state index in [0.717, 1.165) is 0 Å². The number of ether oxygens (including phenoxy) is 1. The second kappa shape index (κ2) is 4.98. The number of hydrogen-bond acceptors (Lipinski definition) is 3. The smallest absolute Gasteiger partial charge is 0.168 e. The van der Waals surface area contributed by atoms with Gasteiger partial charge in [-0.15, -0.1) is 0 Å². The van der Waals surface area contributed by atoms with Crippen molar-refractivity contribution in [3.8, 4) is 5.75 Å². The van der Waals surface area contributed by atoms with Gasteiger partial charge in [0, 0.05) is 11.4 Å². The Labute approximate surface area is 87.3 Å². The van der Waals surface area contributed by atoms with Crippen molar-refractivity contribution in [3.63, 3.8) is 0 Å². The molecular formula is C10H11ClO3. The Kier molecular flexibility index (Phi) is 3.92. The van der Waals surface area contributed by atoms with E-state index in [2.05, 4.69) is 0 Å². The van der Waals surface area contributed by atoms with E-state index in [9.17, 15) is 4.79 Å². The minimum Gasteiger partial charge on any atom is -0.496 e. The number of carbonyl (C=O) groups is 1. The number of ketones is 1. The molecule has 0 aliphatic heterocycles. The van der Waals surface area contributed by atoms with Gasteiger partial charge in [-0.3, -0.25) is 4.79 Å². The van der Waals surface area contributed by atoms with Crippen LogP contribution in [-0.4, -0.2) is 24.6 Å². The fraction of sp³-hybridized carbons (Fsp3) is 0.300. The number of halogens is 1. The van der Waals surface area contributed by atoms with Gasteiger partial charge < -0.3 is 9.84 Å². The molecule has 0 unspecified atom stereocenters. The SMILES string of the molecule is COc1ccc(Cl)cc1C(=O)CCO. The van der Waals surface area contributed by atoms with Gasteiger partial charge in [0.25, 0.3) is 0 Å². The Morgan fingerprint density at radius 1 is 1.57 bits per heavy atom. The van der Waals surface area contributed by atoms with Crippen molar-refractivity contribution in [2.24, 2.45) is 0 Å². The number of aliphatic hydroxyl groups excluding tert-OH is 1. The summed E-state index contributed by atoms with van der Waals surface area (Å²) in [6.07, 6.45) is 0.0801. The van der Waals surface area contributed by atoms with Crippen molar-refractivity contribution in [2.75, 3.05) is 13.7 Å². The first-order valence-electron chi connectivity index (χ1n) is 4.16. The largest absolute Gasteiger partial charge is 0.496 e. The Bertz CT molecular complexity index is 336. The third kappa shape index (κ3) is 2.47. The summed E-state index contributed by atoms with van der Waals surface area (Å²) in [5, 5.41) is 9.12. The lowest BCUT2D eigenvalue weighted by Gasteiger charge is -2.06. The molecule has 76 valence electrons. The van der Waals surface area contributed by atoms with Gasteiger partial charge in [0.2, 0.25) is 0 Å². The van der Waals surface area contributed by atoms with E-state index in [4.69, 9.17) is 21.4 Å². The van der Waals surface area contributed by atoms with Gasteiger partial charge in [-0.1, -0.05) is 11.6 Å². The average molecular weight is 215 g/mol. The van der Waals surface area contributed by atoms with Gasteiger partial charge in [-0.2, -0.15) is 0 Å². The summed E-state index contributed by atoms with van der Waals surface area (Å²) < 4.78 is 5.01. The highest BCUT2D eigenvalue weighted by atomic mass is 35.5. The predicted molar refractivity (Wildman–Crippen MR) is 54.0 cm³/mol. The van der Waals surface area contributed by atoms with Crippen LogP contribution in [0.15, 0.2) is 18.2 Å². The summed E-state index contributed by atoms with van der Waals surface area (Å²) in [4.78, 5) is 11.5. The lowest BCUT2D eigenvalue weighted by atomic mass is 10.1. The Hall–Kier alpha value is -1.06. The minimum atomic E-state index is -0.174. The first-order chi connectivity index (χ1) is 6.69. The molecule has 1 N–H and O–H groups in total. The van der Waals surface area contributed by atoms with Crippen LogP contribution in [0.5, 0.6) is 5.75 Å². The van der Waals surface area contributed by atoms with Crippen LogP contribution in [0.3, 0.4) is 0 Å². The number of methoxy groups -OCH3 is 1. The number of rotatable bonds is 4. The molecule has 14 heavy (non-hydrogen) atoms. The standard InChI is InChI=1S/C10H11ClO3/c1-14-10-3-2-7(11)6-8(10)9(13)4-5-12/h2-3,6,12H,4-5H2,1H3. The van der Waals surface area contributed by atoms with Crippen LogP contribution in [0.2, 0.25) is 5.02 Å². The Balaban J connectivity index is 3.03. The van der Waals surface area contributed by atoms with Gasteiger partial charge in [-0.05, 0) is 18.2 Å². The molecule has 0 amide bonds. The summed E-state index contributed by atoms with van der Waals surface area (Å²) >= 11 is 5.75. The zero-order valence-corrected chi connectivity index (χ0v) is 8.54.